The van der Waals surface area contributed by atoms with Gasteiger partial charge in [0.1, 0.15) is 0 Å². The molecular weight excluding hydrogens is 234 g/mol. The van der Waals surface area contributed by atoms with E-state index in [1.54, 1.807) is 0 Å². The van der Waals surface area contributed by atoms with E-state index >= 15 is 0 Å². The lowest BCUT2D eigenvalue weighted by atomic mass is 10.0. The predicted molar refractivity (Wildman–Crippen MR) is 82.8 cm³/mol. The van der Waals surface area contributed by atoms with E-state index in [0.29, 0.717) is 12.1 Å². The number of nitrogens with zero attached hydrogens (tertiary/aromatic N) is 2. The van der Waals surface area contributed by atoms with Crippen molar-refractivity contribution in [3.8, 4) is 0 Å². The summed E-state index contributed by atoms with van der Waals surface area (Å²) in [5, 5.41) is 3.50. The standard InChI is InChI=1S/C16H27N3/c1-13(19(4)16-6-5-11-17-12-16)14-7-9-15(10-8-14)18(2)3/h7-10,13,16-17H,5-6,11-12H2,1-4H3. The molecule has 0 bridgehead atoms. The van der Waals surface area contributed by atoms with Gasteiger partial charge in [0.25, 0.3) is 0 Å². The molecule has 0 amide bonds. The van der Waals surface area contributed by atoms with Gasteiger partial charge in [0, 0.05) is 38.4 Å². The van der Waals surface area contributed by atoms with Gasteiger partial charge in [0.15, 0.2) is 0 Å². The summed E-state index contributed by atoms with van der Waals surface area (Å²) in [6.45, 7) is 4.60. The van der Waals surface area contributed by atoms with Crippen molar-refractivity contribution < 1.29 is 0 Å². The Morgan fingerprint density at radius 3 is 2.37 bits per heavy atom. The summed E-state index contributed by atoms with van der Waals surface area (Å²) in [5.74, 6) is 0. The van der Waals surface area contributed by atoms with Crippen LogP contribution in [0.2, 0.25) is 0 Å². The van der Waals surface area contributed by atoms with Gasteiger partial charge in [0.05, 0.1) is 0 Å². The summed E-state index contributed by atoms with van der Waals surface area (Å²) in [7, 11) is 6.42. The molecule has 1 aliphatic rings. The van der Waals surface area contributed by atoms with Gasteiger partial charge >= 0.3 is 0 Å². The molecule has 3 heteroatoms. The molecule has 0 aliphatic carbocycles. The number of nitrogens with one attached hydrogen (secondary N) is 1. The second-order valence-corrected chi connectivity index (χ2v) is 5.83. The molecule has 0 radical (unpaired) electrons. The van der Waals surface area contributed by atoms with Crippen LogP contribution in [0.3, 0.4) is 0 Å². The molecule has 0 spiro atoms. The Kier molecular flexibility index (Phi) is 4.83. The van der Waals surface area contributed by atoms with Crippen LogP contribution < -0.4 is 10.2 Å². The Morgan fingerprint density at radius 1 is 1.16 bits per heavy atom. The first-order valence-electron chi connectivity index (χ1n) is 7.29. The minimum Gasteiger partial charge on any atom is -0.378 e. The lowest BCUT2D eigenvalue weighted by Gasteiger charge is -2.36. The maximum atomic E-state index is 3.50. The monoisotopic (exact) mass is 261 g/mol. The van der Waals surface area contributed by atoms with Gasteiger partial charge < -0.3 is 10.2 Å². The van der Waals surface area contributed by atoms with Crippen molar-refractivity contribution in [1.29, 1.82) is 0 Å². The quantitative estimate of drug-likeness (QED) is 0.898. The fraction of sp³-hybridized carbons (Fsp3) is 0.625. The average molecular weight is 261 g/mol. The van der Waals surface area contributed by atoms with Crippen molar-refractivity contribution in [2.45, 2.75) is 31.8 Å². The van der Waals surface area contributed by atoms with Crippen LogP contribution >= 0.6 is 0 Å². The van der Waals surface area contributed by atoms with Crippen LogP contribution in [-0.4, -0.2) is 45.2 Å². The molecule has 1 saturated heterocycles. The molecule has 0 saturated carbocycles. The van der Waals surface area contributed by atoms with E-state index in [0.717, 1.165) is 6.54 Å². The van der Waals surface area contributed by atoms with Gasteiger partial charge in [-0.05, 0) is 51.1 Å². The Balaban J connectivity index is 2.03. The molecule has 3 nitrogen and oxygen atoms in total. The van der Waals surface area contributed by atoms with E-state index < -0.39 is 0 Å². The van der Waals surface area contributed by atoms with E-state index in [-0.39, 0.29) is 0 Å². The number of benzene rings is 1. The van der Waals surface area contributed by atoms with E-state index in [2.05, 4.69) is 67.4 Å². The van der Waals surface area contributed by atoms with E-state index in [4.69, 9.17) is 0 Å². The van der Waals surface area contributed by atoms with E-state index in [9.17, 15) is 0 Å². The van der Waals surface area contributed by atoms with E-state index in [1.807, 2.05) is 0 Å². The molecular formula is C16H27N3. The summed E-state index contributed by atoms with van der Waals surface area (Å²) >= 11 is 0. The Labute approximate surface area is 117 Å². The van der Waals surface area contributed by atoms with Gasteiger partial charge in [-0.15, -0.1) is 0 Å². The first kappa shape index (κ1) is 14.4. The summed E-state index contributed by atoms with van der Waals surface area (Å²) in [5.41, 5.74) is 2.66. The third kappa shape index (κ3) is 3.48. The zero-order valence-corrected chi connectivity index (χ0v) is 12.7. The number of likely N-dealkylation sites (N-methyl/N-ethyl adjacent to an activating group) is 1. The molecule has 1 aromatic carbocycles. The molecule has 1 aliphatic heterocycles. The summed E-state index contributed by atoms with van der Waals surface area (Å²) in [4.78, 5) is 4.65. The van der Waals surface area contributed by atoms with Crippen LogP contribution in [0.25, 0.3) is 0 Å². The smallest absolute Gasteiger partial charge is 0.0361 e. The second kappa shape index (κ2) is 6.40. The van der Waals surface area contributed by atoms with Gasteiger partial charge in [0.2, 0.25) is 0 Å². The number of piperidine rings is 1. The van der Waals surface area contributed by atoms with Crippen LogP contribution in [0.1, 0.15) is 31.4 Å². The first-order chi connectivity index (χ1) is 9.09. The molecule has 2 unspecified atom stereocenters. The zero-order valence-electron chi connectivity index (χ0n) is 12.7. The highest BCUT2D eigenvalue weighted by Gasteiger charge is 2.22. The fourth-order valence-corrected chi connectivity index (χ4v) is 2.78. The first-order valence-corrected chi connectivity index (χ1v) is 7.29. The predicted octanol–water partition coefficient (Wildman–Crippen LogP) is 2.50. The SMILES string of the molecule is CC(c1ccc(N(C)C)cc1)N(C)C1CCCNC1. The molecule has 2 atom stereocenters. The lowest BCUT2D eigenvalue weighted by molar-refractivity contribution is 0.156. The Morgan fingerprint density at radius 2 is 1.84 bits per heavy atom. The highest BCUT2D eigenvalue weighted by Crippen LogP contribution is 2.25. The summed E-state index contributed by atoms with van der Waals surface area (Å²) in [6.07, 6.45) is 2.60. The molecule has 2 rings (SSSR count). The van der Waals surface area contributed by atoms with Crippen LogP contribution in [0.15, 0.2) is 24.3 Å². The highest BCUT2D eigenvalue weighted by molar-refractivity contribution is 5.46. The van der Waals surface area contributed by atoms with Crippen LogP contribution in [0.5, 0.6) is 0 Å². The number of hydrogen-bond donors (Lipinski definition) is 1. The lowest BCUT2D eigenvalue weighted by Crippen LogP contribution is -2.45. The summed E-state index contributed by atoms with van der Waals surface area (Å²) in [6, 6.07) is 10.1. The molecule has 1 aromatic rings. The largest absolute Gasteiger partial charge is 0.378 e. The van der Waals surface area contributed by atoms with Crippen molar-refractivity contribution in [3.63, 3.8) is 0 Å². The third-order valence-electron chi connectivity index (χ3n) is 4.35. The van der Waals surface area contributed by atoms with Crippen molar-refractivity contribution in [2.24, 2.45) is 0 Å². The van der Waals surface area contributed by atoms with Crippen molar-refractivity contribution in [1.82, 2.24) is 10.2 Å². The maximum Gasteiger partial charge on any atom is 0.0361 e. The highest BCUT2D eigenvalue weighted by atomic mass is 15.2. The molecule has 1 N–H and O–H groups in total. The van der Waals surface area contributed by atoms with Crippen LogP contribution in [0.4, 0.5) is 5.69 Å². The number of anilines is 1. The van der Waals surface area contributed by atoms with Crippen molar-refractivity contribution in [2.75, 3.05) is 39.1 Å². The average Bonchev–Trinajstić information content (AvgIpc) is 2.46. The second-order valence-electron chi connectivity index (χ2n) is 5.83. The van der Waals surface area contributed by atoms with Gasteiger partial charge in [-0.3, -0.25) is 4.90 Å². The van der Waals surface area contributed by atoms with Gasteiger partial charge in [-0.1, -0.05) is 12.1 Å². The van der Waals surface area contributed by atoms with E-state index in [1.165, 1.54) is 30.6 Å². The molecule has 1 heterocycles. The van der Waals surface area contributed by atoms with Crippen molar-refractivity contribution >= 4 is 5.69 Å². The van der Waals surface area contributed by atoms with Gasteiger partial charge in [-0.2, -0.15) is 0 Å². The van der Waals surface area contributed by atoms with Crippen LogP contribution in [0, 0.1) is 0 Å². The molecule has 106 valence electrons. The third-order valence-corrected chi connectivity index (χ3v) is 4.35. The molecule has 1 fully saturated rings. The Hall–Kier alpha value is -1.06. The van der Waals surface area contributed by atoms with Gasteiger partial charge in [-0.25, -0.2) is 0 Å². The summed E-state index contributed by atoms with van der Waals surface area (Å²) < 4.78 is 0. The normalized spacial score (nSPS) is 21.4. The van der Waals surface area contributed by atoms with Crippen LogP contribution in [-0.2, 0) is 0 Å². The molecule has 19 heavy (non-hydrogen) atoms. The molecule has 0 aromatic heterocycles. The maximum absolute atomic E-state index is 3.50. The number of hydrogen-bond acceptors (Lipinski definition) is 3. The Bertz CT molecular complexity index is 379. The van der Waals surface area contributed by atoms with Crippen molar-refractivity contribution in [3.05, 3.63) is 29.8 Å². The zero-order chi connectivity index (χ0) is 13.8. The topological polar surface area (TPSA) is 18.5 Å². The number of rotatable bonds is 4. The minimum atomic E-state index is 0.473. The minimum absolute atomic E-state index is 0.473. The fourth-order valence-electron chi connectivity index (χ4n) is 2.78.